The lowest BCUT2D eigenvalue weighted by Crippen LogP contribution is -1.97. The van der Waals surface area contributed by atoms with Crippen LogP contribution in [0.2, 0.25) is 0 Å². The second-order valence-corrected chi connectivity index (χ2v) is 25.2. The lowest BCUT2D eigenvalue weighted by atomic mass is 9.93. The Morgan fingerprint density at radius 1 is 0.160 bits per heavy atom. The number of furan rings is 4. The zero-order valence-electron chi connectivity index (χ0n) is 53.8. The number of rotatable bonds is 10. The number of aromatic nitrogens is 4. The fraction of sp³-hybridized carbons (Fsp3) is 0. The molecule has 0 aliphatic rings. The maximum Gasteiger partial charge on any atom is 0.160 e. The summed E-state index contributed by atoms with van der Waals surface area (Å²) in [6.07, 6.45) is 0. The van der Waals surface area contributed by atoms with Crippen LogP contribution in [0, 0.1) is 0 Å². The van der Waals surface area contributed by atoms with Crippen molar-refractivity contribution < 1.29 is 17.7 Å². The van der Waals surface area contributed by atoms with Crippen LogP contribution in [0.1, 0.15) is 0 Å². The Balaban J connectivity index is 0.000000139. The number of fused-ring (bicyclic) bond motifs is 12. The van der Waals surface area contributed by atoms with Gasteiger partial charge in [-0.15, -0.1) is 0 Å². The highest BCUT2D eigenvalue weighted by atomic mass is 16.3. The summed E-state index contributed by atoms with van der Waals surface area (Å²) in [4.78, 5) is 20.8. The van der Waals surface area contributed by atoms with Crippen molar-refractivity contribution >= 4 is 87.8 Å². The molecule has 0 N–H and O–H groups in total. The number of benzene rings is 14. The SMILES string of the molecule is c1ccc(-c2cc(-c3ccccc3)nc(-c3cc(-c4ccc5oc6ccccc6c5c4)cc(-c4ccc5oc6ccccc6c5c4)c3)n2)cc1.c1ccc(-c2cc(-c3ccccc3)nc(-c3cc(-c4cccc5c4oc4ccccc45)cc(-c4cccc5c4oc4ccccc45)c3)n2)cc1. The average molecular weight is 1280 g/mol. The van der Waals surface area contributed by atoms with Crippen molar-refractivity contribution in [3.63, 3.8) is 0 Å². The second-order valence-electron chi connectivity index (χ2n) is 25.2. The van der Waals surface area contributed by atoms with Gasteiger partial charge in [-0.1, -0.05) is 243 Å². The summed E-state index contributed by atoms with van der Waals surface area (Å²) >= 11 is 0. The summed E-state index contributed by atoms with van der Waals surface area (Å²) in [5, 5.41) is 8.73. The molecule has 8 nitrogen and oxygen atoms in total. The Labute approximate surface area is 574 Å². The Morgan fingerprint density at radius 2 is 0.440 bits per heavy atom. The predicted octanol–water partition coefficient (Wildman–Crippen LogP) is 25.2. The third-order valence-electron chi connectivity index (χ3n) is 19.0. The van der Waals surface area contributed by atoms with E-state index in [-0.39, 0.29) is 0 Å². The maximum absolute atomic E-state index is 6.54. The summed E-state index contributed by atoms with van der Waals surface area (Å²) in [6.45, 7) is 0. The van der Waals surface area contributed by atoms with Crippen molar-refractivity contribution in [3.05, 3.63) is 340 Å². The van der Waals surface area contributed by atoms with Gasteiger partial charge in [-0.3, -0.25) is 0 Å². The maximum atomic E-state index is 6.54. The predicted molar refractivity (Wildman–Crippen MR) is 408 cm³/mol. The number of hydrogen-bond acceptors (Lipinski definition) is 8. The van der Waals surface area contributed by atoms with Gasteiger partial charge < -0.3 is 17.7 Å². The first kappa shape index (κ1) is 57.9. The minimum absolute atomic E-state index is 0.641. The van der Waals surface area contributed by atoms with Gasteiger partial charge in [-0.05, 0) is 130 Å². The van der Waals surface area contributed by atoms with Crippen LogP contribution in [0.25, 0.3) is 200 Å². The van der Waals surface area contributed by atoms with Gasteiger partial charge in [0.05, 0.1) is 22.8 Å². The van der Waals surface area contributed by atoms with E-state index in [0.29, 0.717) is 11.6 Å². The van der Waals surface area contributed by atoms with Gasteiger partial charge in [0.1, 0.15) is 44.7 Å². The molecule has 0 aliphatic heterocycles. The molecule has 0 bridgehead atoms. The molecule has 14 aromatic carbocycles. The second kappa shape index (κ2) is 24.3. The van der Waals surface area contributed by atoms with Gasteiger partial charge in [-0.25, -0.2) is 19.9 Å². The molecule has 0 unspecified atom stereocenters. The molecule has 0 amide bonds. The lowest BCUT2D eigenvalue weighted by molar-refractivity contribution is 0.668. The Kier molecular flexibility index (Phi) is 14.0. The van der Waals surface area contributed by atoms with Gasteiger partial charge in [-0.2, -0.15) is 0 Å². The Bertz CT molecular complexity index is 6150. The quantitative estimate of drug-likeness (QED) is 0.133. The molecule has 0 saturated heterocycles. The fourth-order valence-corrected chi connectivity index (χ4v) is 14.1. The molecule has 6 heterocycles. The van der Waals surface area contributed by atoms with Gasteiger partial charge in [0, 0.05) is 87.6 Å². The Morgan fingerprint density at radius 3 is 0.810 bits per heavy atom. The third-order valence-corrected chi connectivity index (χ3v) is 19.0. The highest BCUT2D eigenvalue weighted by Gasteiger charge is 2.21. The summed E-state index contributed by atoms with van der Waals surface area (Å²) in [5.74, 6) is 1.31. The van der Waals surface area contributed by atoms with E-state index in [2.05, 4.69) is 218 Å². The van der Waals surface area contributed by atoms with Crippen LogP contribution in [0.15, 0.2) is 357 Å². The van der Waals surface area contributed by atoms with Gasteiger partial charge >= 0.3 is 0 Å². The standard InChI is InChI=1S/2C46H28N2O2/c1-3-13-29(14-4-1)40-28-41(30-15-5-2-6-16-30)48-46(47-40)33-26-31(34-19-11-21-38-36-17-7-9-23-42(36)49-44(34)38)25-32(27-33)35-20-12-22-39-37-18-8-10-24-43(37)50-45(35)39;1-3-11-29(12-4-1)40-28-41(30-13-5-2-6-14-30)48-46(47-40)35-24-33(31-19-21-44-38(26-31)36-15-7-9-17-42(36)49-44)23-34(25-35)32-20-22-45-39(27-32)37-16-8-10-18-43(37)50-45/h2*1-28H. The van der Waals surface area contributed by atoms with Crippen molar-refractivity contribution in [1.82, 2.24) is 19.9 Å². The monoisotopic (exact) mass is 1280 g/mol. The topological polar surface area (TPSA) is 104 Å². The van der Waals surface area contributed by atoms with Crippen molar-refractivity contribution in [1.29, 1.82) is 0 Å². The minimum atomic E-state index is 0.641. The molecule has 0 fully saturated rings. The molecule has 0 aliphatic carbocycles. The number of hydrogen-bond donors (Lipinski definition) is 0. The Hall–Kier alpha value is -13.6. The van der Waals surface area contributed by atoms with E-state index in [1.54, 1.807) is 0 Å². The van der Waals surface area contributed by atoms with Crippen LogP contribution in [0.3, 0.4) is 0 Å². The van der Waals surface area contributed by atoms with E-state index >= 15 is 0 Å². The highest BCUT2D eigenvalue weighted by molar-refractivity contribution is 6.13. The van der Waals surface area contributed by atoms with E-state index in [0.717, 1.165) is 188 Å². The van der Waals surface area contributed by atoms with Gasteiger partial charge in [0.15, 0.2) is 11.6 Å². The molecular formula is C92H56N4O4. The summed E-state index contributed by atoms with van der Waals surface area (Å²) in [7, 11) is 0. The third kappa shape index (κ3) is 10.5. The van der Waals surface area contributed by atoms with Crippen LogP contribution in [-0.4, -0.2) is 19.9 Å². The fourth-order valence-electron chi connectivity index (χ4n) is 14.1. The molecule has 100 heavy (non-hydrogen) atoms. The first-order valence-corrected chi connectivity index (χ1v) is 33.5. The first-order valence-electron chi connectivity index (χ1n) is 33.5. The van der Waals surface area contributed by atoms with Gasteiger partial charge in [0.25, 0.3) is 0 Å². The van der Waals surface area contributed by atoms with Crippen molar-refractivity contribution in [2.24, 2.45) is 0 Å². The van der Waals surface area contributed by atoms with Crippen LogP contribution in [-0.2, 0) is 0 Å². The molecule has 20 aromatic rings. The molecule has 468 valence electrons. The number of para-hydroxylation sites is 6. The van der Waals surface area contributed by atoms with E-state index in [9.17, 15) is 0 Å². The van der Waals surface area contributed by atoms with Crippen LogP contribution < -0.4 is 0 Å². The molecule has 6 aromatic heterocycles. The van der Waals surface area contributed by atoms with E-state index in [4.69, 9.17) is 37.6 Å². The normalized spacial score (nSPS) is 11.6. The smallest absolute Gasteiger partial charge is 0.160 e. The van der Waals surface area contributed by atoms with Crippen LogP contribution in [0.4, 0.5) is 0 Å². The average Bonchev–Trinajstić information content (AvgIpc) is 1.57. The highest BCUT2D eigenvalue weighted by Crippen LogP contribution is 2.44. The van der Waals surface area contributed by atoms with Gasteiger partial charge in [0.2, 0.25) is 0 Å². The summed E-state index contributed by atoms with van der Waals surface area (Å²) in [6, 6.07) is 117. The van der Waals surface area contributed by atoms with E-state index in [1.807, 2.05) is 121 Å². The molecule has 20 rings (SSSR count). The van der Waals surface area contributed by atoms with E-state index in [1.165, 1.54) is 0 Å². The van der Waals surface area contributed by atoms with E-state index < -0.39 is 0 Å². The summed E-state index contributed by atoms with van der Waals surface area (Å²) in [5.41, 5.74) is 24.7. The molecule has 8 heteroatoms. The van der Waals surface area contributed by atoms with Crippen molar-refractivity contribution in [2.75, 3.05) is 0 Å². The molecule has 0 radical (unpaired) electrons. The van der Waals surface area contributed by atoms with Crippen molar-refractivity contribution in [2.45, 2.75) is 0 Å². The minimum Gasteiger partial charge on any atom is -0.456 e. The molecule has 0 atom stereocenters. The largest absolute Gasteiger partial charge is 0.456 e. The lowest BCUT2D eigenvalue weighted by Gasteiger charge is -2.13. The number of nitrogens with zero attached hydrogens (tertiary/aromatic N) is 4. The zero-order chi connectivity index (χ0) is 66.0. The molecule has 0 saturated carbocycles. The van der Waals surface area contributed by atoms with Crippen LogP contribution in [0.5, 0.6) is 0 Å². The zero-order valence-corrected chi connectivity index (χ0v) is 53.8. The summed E-state index contributed by atoms with van der Waals surface area (Å²) < 4.78 is 25.4. The molecule has 0 spiro atoms. The molecular weight excluding hydrogens is 1230 g/mol. The van der Waals surface area contributed by atoms with Crippen molar-refractivity contribution in [3.8, 4) is 112 Å². The van der Waals surface area contributed by atoms with Crippen LogP contribution >= 0.6 is 0 Å². The first-order chi connectivity index (χ1) is 49.5.